The Bertz CT molecular complexity index is 824. The SMILES string of the molecule is Cc1cc(C(=O)OCCNc2ccc(-c3ccccc3)nn2)nn1C. The van der Waals surface area contributed by atoms with E-state index in [9.17, 15) is 4.79 Å². The molecule has 0 bridgehead atoms. The van der Waals surface area contributed by atoms with E-state index in [0.717, 1.165) is 17.0 Å². The van der Waals surface area contributed by atoms with E-state index in [1.807, 2.05) is 49.4 Å². The lowest BCUT2D eigenvalue weighted by molar-refractivity contribution is 0.0513. The predicted octanol–water partition coefficient (Wildman–Crippen LogP) is 2.45. The molecule has 3 aromatic rings. The molecule has 128 valence electrons. The number of rotatable bonds is 6. The number of nitrogens with zero attached hydrogens (tertiary/aromatic N) is 4. The first kappa shape index (κ1) is 16.6. The van der Waals surface area contributed by atoms with Crippen molar-refractivity contribution in [2.45, 2.75) is 6.92 Å². The molecule has 0 aliphatic carbocycles. The highest BCUT2D eigenvalue weighted by Gasteiger charge is 2.12. The third-order valence-corrected chi connectivity index (χ3v) is 3.70. The van der Waals surface area contributed by atoms with Crippen molar-refractivity contribution in [2.24, 2.45) is 7.05 Å². The zero-order valence-electron chi connectivity index (χ0n) is 14.1. The van der Waals surface area contributed by atoms with Gasteiger partial charge in [0.1, 0.15) is 12.4 Å². The summed E-state index contributed by atoms with van der Waals surface area (Å²) >= 11 is 0. The molecule has 3 rings (SSSR count). The van der Waals surface area contributed by atoms with Crippen LogP contribution in [-0.4, -0.2) is 39.1 Å². The molecule has 0 amide bonds. The number of aryl methyl sites for hydroxylation is 2. The Balaban J connectivity index is 1.47. The number of ether oxygens (including phenoxy) is 1. The maximum absolute atomic E-state index is 11.9. The molecular formula is C18H19N5O2. The number of benzene rings is 1. The second-order valence-electron chi connectivity index (χ2n) is 5.53. The van der Waals surface area contributed by atoms with Crippen LogP contribution in [0.25, 0.3) is 11.3 Å². The van der Waals surface area contributed by atoms with Crippen molar-refractivity contribution in [2.75, 3.05) is 18.5 Å². The van der Waals surface area contributed by atoms with Crippen LogP contribution in [0, 0.1) is 6.92 Å². The minimum atomic E-state index is -0.434. The minimum absolute atomic E-state index is 0.219. The summed E-state index contributed by atoms with van der Waals surface area (Å²) in [6, 6.07) is 15.3. The number of carbonyl (C=O) groups excluding carboxylic acids is 1. The van der Waals surface area contributed by atoms with Crippen LogP contribution in [0.4, 0.5) is 5.82 Å². The van der Waals surface area contributed by atoms with E-state index in [-0.39, 0.29) is 6.61 Å². The Kier molecular flexibility index (Phi) is 5.03. The summed E-state index contributed by atoms with van der Waals surface area (Å²) in [6.07, 6.45) is 0. The Labute approximate surface area is 145 Å². The highest BCUT2D eigenvalue weighted by atomic mass is 16.5. The molecule has 0 spiro atoms. The van der Waals surface area contributed by atoms with Crippen molar-refractivity contribution in [1.29, 1.82) is 0 Å². The van der Waals surface area contributed by atoms with Gasteiger partial charge in [-0.05, 0) is 25.1 Å². The molecule has 0 saturated carbocycles. The van der Waals surface area contributed by atoms with Crippen LogP contribution in [0.1, 0.15) is 16.2 Å². The Hall–Kier alpha value is -3.22. The van der Waals surface area contributed by atoms with Gasteiger partial charge in [-0.3, -0.25) is 4.68 Å². The third-order valence-electron chi connectivity index (χ3n) is 3.70. The number of aromatic nitrogens is 4. The second-order valence-corrected chi connectivity index (χ2v) is 5.53. The molecule has 0 unspecified atom stereocenters. The zero-order chi connectivity index (χ0) is 17.6. The van der Waals surface area contributed by atoms with Crippen LogP contribution in [-0.2, 0) is 11.8 Å². The lowest BCUT2D eigenvalue weighted by atomic mass is 10.1. The fraction of sp³-hybridized carbons (Fsp3) is 0.222. The van der Waals surface area contributed by atoms with E-state index in [1.54, 1.807) is 17.8 Å². The summed E-state index contributed by atoms with van der Waals surface area (Å²) in [6.45, 7) is 2.54. The van der Waals surface area contributed by atoms with E-state index in [2.05, 4.69) is 20.6 Å². The smallest absolute Gasteiger partial charge is 0.358 e. The number of nitrogens with one attached hydrogen (secondary N) is 1. The van der Waals surface area contributed by atoms with Crippen molar-refractivity contribution in [3.8, 4) is 11.3 Å². The molecule has 2 heterocycles. The molecule has 0 fully saturated rings. The van der Waals surface area contributed by atoms with E-state index in [1.165, 1.54) is 0 Å². The number of carbonyl (C=O) groups is 1. The summed E-state index contributed by atoms with van der Waals surface area (Å²) in [5.74, 6) is 0.195. The van der Waals surface area contributed by atoms with Gasteiger partial charge in [0, 0.05) is 18.3 Å². The molecule has 2 aromatic heterocycles. The molecule has 7 heteroatoms. The first-order valence-electron chi connectivity index (χ1n) is 7.94. The maximum atomic E-state index is 11.9. The average Bonchev–Trinajstić information content (AvgIpc) is 2.99. The monoisotopic (exact) mass is 337 g/mol. The van der Waals surface area contributed by atoms with Gasteiger partial charge in [-0.25, -0.2) is 4.79 Å². The number of hydrogen-bond donors (Lipinski definition) is 1. The third kappa shape index (κ3) is 4.20. The van der Waals surface area contributed by atoms with Crippen LogP contribution in [0.5, 0.6) is 0 Å². The highest BCUT2D eigenvalue weighted by Crippen LogP contribution is 2.16. The van der Waals surface area contributed by atoms with E-state index >= 15 is 0 Å². The normalized spacial score (nSPS) is 10.5. The molecule has 0 atom stereocenters. The lowest BCUT2D eigenvalue weighted by Gasteiger charge is -2.06. The lowest BCUT2D eigenvalue weighted by Crippen LogP contribution is -2.15. The fourth-order valence-electron chi connectivity index (χ4n) is 2.25. The molecule has 0 radical (unpaired) electrons. The summed E-state index contributed by atoms with van der Waals surface area (Å²) in [7, 11) is 1.78. The second kappa shape index (κ2) is 7.57. The van der Waals surface area contributed by atoms with Gasteiger partial charge in [0.25, 0.3) is 0 Å². The first-order valence-corrected chi connectivity index (χ1v) is 7.94. The molecule has 25 heavy (non-hydrogen) atoms. The molecule has 7 nitrogen and oxygen atoms in total. The van der Waals surface area contributed by atoms with Gasteiger partial charge in [-0.2, -0.15) is 5.10 Å². The predicted molar refractivity (Wildman–Crippen MR) is 94.2 cm³/mol. The highest BCUT2D eigenvalue weighted by molar-refractivity contribution is 5.87. The minimum Gasteiger partial charge on any atom is -0.459 e. The quantitative estimate of drug-likeness (QED) is 0.550. The maximum Gasteiger partial charge on any atom is 0.358 e. The standard InChI is InChI=1S/C18H19N5O2/c1-13-12-16(22-23(13)2)18(24)25-11-10-19-17-9-8-15(20-21-17)14-6-4-3-5-7-14/h3-9,12H,10-11H2,1-2H3,(H,19,21). The molecule has 0 aliphatic rings. The van der Waals surface area contributed by atoms with Crippen molar-refractivity contribution in [3.63, 3.8) is 0 Å². The zero-order valence-corrected chi connectivity index (χ0v) is 14.1. The van der Waals surface area contributed by atoms with Crippen LogP contribution in [0.3, 0.4) is 0 Å². The van der Waals surface area contributed by atoms with Crippen LogP contribution in [0.2, 0.25) is 0 Å². The largest absolute Gasteiger partial charge is 0.459 e. The van der Waals surface area contributed by atoms with Crippen LogP contribution in [0.15, 0.2) is 48.5 Å². The summed E-state index contributed by atoms with van der Waals surface area (Å²) in [5.41, 5.74) is 3.04. The summed E-state index contributed by atoms with van der Waals surface area (Å²) in [5, 5.41) is 15.5. The molecule has 0 aliphatic heterocycles. The van der Waals surface area contributed by atoms with Gasteiger partial charge in [-0.15, -0.1) is 10.2 Å². The average molecular weight is 337 g/mol. The van der Waals surface area contributed by atoms with Gasteiger partial charge < -0.3 is 10.1 Å². The van der Waals surface area contributed by atoms with Gasteiger partial charge in [0.05, 0.1) is 12.2 Å². The van der Waals surface area contributed by atoms with Crippen LogP contribution >= 0.6 is 0 Å². The van der Waals surface area contributed by atoms with E-state index in [0.29, 0.717) is 18.1 Å². The van der Waals surface area contributed by atoms with Crippen molar-refractivity contribution in [3.05, 3.63) is 59.9 Å². The van der Waals surface area contributed by atoms with Gasteiger partial charge in [-0.1, -0.05) is 30.3 Å². The van der Waals surface area contributed by atoms with Crippen LogP contribution < -0.4 is 5.32 Å². The number of anilines is 1. The Morgan fingerprint density at radius 2 is 1.96 bits per heavy atom. The van der Waals surface area contributed by atoms with E-state index in [4.69, 9.17) is 4.74 Å². The summed E-state index contributed by atoms with van der Waals surface area (Å²) in [4.78, 5) is 11.9. The summed E-state index contributed by atoms with van der Waals surface area (Å²) < 4.78 is 6.82. The van der Waals surface area contributed by atoms with Crippen molar-refractivity contribution in [1.82, 2.24) is 20.0 Å². The molecular weight excluding hydrogens is 318 g/mol. The molecule has 1 aromatic carbocycles. The van der Waals surface area contributed by atoms with Crippen molar-refractivity contribution >= 4 is 11.8 Å². The van der Waals surface area contributed by atoms with Gasteiger partial charge >= 0.3 is 5.97 Å². The Morgan fingerprint density at radius 3 is 2.60 bits per heavy atom. The Morgan fingerprint density at radius 1 is 1.16 bits per heavy atom. The first-order chi connectivity index (χ1) is 12.1. The number of hydrogen-bond acceptors (Lipinski definition) is 6. The number of esters is 1. The molecule has 1 N–H and O–H groups in total. The molecule has 0 saturated heterocycles. The van der Waals surface area contributed by atoms with E-state index < -0.39 is 5.97 Å². The van der Waals surface area contributed by atoms with Gasteiger partial charge in [0.15, 0.2) is 5.69 Å². The topological polar surface area (TPSA) is 81.9 Å². The van der Waals surface area contributed by atoms with Crippen molar-refractivity contribution < 1.29 is 9.53 Å². The van der Waals surface area contributed by atoms with Gasteiger partial charge in [0.2, 0.25) is 0 Å². The fourth-order valence-corrected chi connectivity index (χ4v) is 2.25.